The second-order valence-electron chi connectivity index (χ2n) is 5.34. The van der Waals surface area contributed by atoms with Gasteiger partial charge in [-0.2, -0.15) is 0 Å². The number of thiazole rings is 1. The number of carbonyl (C=O) groups is 1. The van der Waals surface area contributed by atoms with Crippen LogP contribution in [0, 0.1) is 6.92 Å². The summed E-state index contributed by atoms with van der Waals surface area (Å²) in [4.78, 5) is 16.7. The molecule has 24 heavy (non-hydrogen) atoms. The van der Waals surface area contributed by atoms with Crippen LogP contribution in [-0.2, 0) is 11.2 Å². The minimum Gasteiger partial charge on any atom is -0.326 e. The molecular weight excluding hydrogens is 363 g/mol. The molecule has 0 radical (unpaired) electrons. The highest BCUT2D eigenvalue weighted by Gasteiger charge is 2.11. The molecule has 3 nitrogen and oxygen atoms in total. The first-order valence-electron chi connectivity index (χ1n) is 7.27. The van der Waals surface area contributed by atoms with Gasteiger partial charge in [-0.15, -0.1) is 11.3 Å². The van der Waals surface area contributed by atoms with Gasteiger partial charge in [-0.05, 0) is 42.8 Å². The summed E-state index contributed by atoms with van der Waals surface area (Å²) in [7, 11) is 0. The van der Waals surface area contributed by atoms with E-state index >= 15 is 0 Å². The van der Waals surface area contributed by atoms with Crippen molar-refractivity contribution in [1.29, 1.82) is 0 Å². The van der Waals surface area contributed by atoms with Crippen LogP contribution in [0.5, 0.6) is 0 Å². The first-order valence-corrected chi connectivity index (χ1v) is 8.91. The molecular formula is C18H14Cl2N2OS. The van der Waals surface area contributed by atoms with E-state index < -0.39 is 0 Å². The van der Waals surface area contributed by atoms with Crippen LogP contribution in [0.2, 0.25) is 10.0 Å². The average Bonchev–Trinajstić information content (AvgIpc) is 2.98. The van der Waals surface area contributed by atoms with Crippen molar-refractivity contribution < 1.29 is 4.79 Å². The molecule has 0 aliphatic carbocycles. The van der Waals surface area contributed by atoms with Gasteiger partial charge in [0.15, 0.2) is 0 Å². The molecule has 0 aliphatic heterocycles. The highest BCUT2D eigenvalue weighted by atomic mass is 35.5. The second-order valence-corrected chi connectivity index (χ2v) is 7.07. The molecule has 0 spiro atoms. The first-order chi connectivity index (χ1) is 11.5. The molecule has 0 atom stereocenters. The van der Waals surface area contributed by atoms with Crippen molar-refractivity contribution in [1.82, 2.24) is 4.98 Å². The van der Waals surface area contributed by atoms with Crippen LogP contribution >= 0.6 is 34.5 Å². The number of amides is 1. The van der Waals surface area contributed by atoms with E-state index in [4.69, 9.17) is 23.2 Å². The Morgan fingerprint density at radius 3 is 2.71 bits per heavy atom. The fraction of sp³-hybridized carbons (Fsp3) is 0.111. The normalized spacial score (nSPS) is 10.6. The van der Waals surface area contributed by atoms with Crippen LogP contribution in [0.4, 0.5) is 5.69 Å². The predicted octanol–water partition coefficient (Wildman–Crippen LogP) is 5.61. The van der Waals surface area contributed by atoms with Crippen molar-refractivity contribution >= 4 is 46.1 Å². The van der Waals surface area contributed by atoms with E-state index in [2.05, 4.69) is 10.3 Å². The minimum atomic E-state index is -0.108. The van der Waals surface area contributed by atoms with E-state index in [1.807, 2.05) is 42.6 Å². The van der Waals surface area contributed by atoms with E-state index in [9.17, 15) is 4.79 Å². The molecule has 0 fully saturated rings. The average molecular weight is 377 g/mol. The summed E-state index contributed by atoms with van der Waals surface area (Å²) < 4.78 is 0. The Balaban J connectivity index is 1.69. The number of hydrogen-bond donors (Lipinski definition) is 1. The Bertz CT molecular complexity index is 892. The van der Waals surface area contributed by atoms with Crippen molar-refractivity contribution in [2.45, 2.75) is 13.3 Å². The SMILES string of the molecule is Cc1cc(Cl)ccc1NC(=O)Cc1csc(-c2cccc(Cl)c2)n1. The Hall–Kier alpha value is -1.88. The topological polar surface area (TPSA) is 42.0 Å². The van der Waals surface area contributed by atoms with E-state index in [-0.39, 0.29) is 12.3 Å². The molecule has 0 unspecified atom stereocenters. The highest BCUT2D eigenvalue weighted by Crippen LogP contribution is 2.26. The summed E-state index contributed by atoms with van der Waals surface area (Å²) in [6, 6.07) is 12.9. The van der Waals surface area contributed by atoms with Gasteiger partial charge in [0.2, 0.25) is 5.91 Å². The van der Waals surface area contributed by atoms with E-state index in [1.54, 1.807) is 12.1 Å². The van der Waals surface area contributed by atoms with Crippen molar-refractivity contribution in [3.05, 3.63) is 69.1 Å². The van der Waals surface area contributed by atoms with Crippen LogP contribution in [0.3, 0.4) is 0 Å². The third kappa shape index (κ3) is 4.15. The lowest BCUT2D eigenvalue weighted by Crippen LogP contribution is -2.15. The predicted molar refractivity (Wildman–Crippen MR) is 101 cm³/mol. The molecule has 0 saturated carbocycles. The van der Waals surface area contributed by atoms with E-state index in [0.717, 1.165) is 27.5 Å². The summed E-state index contributed by atoms with van der Waals surface area (Å²) >= 11 is 13.4. The molecule has 0 saturated heterocycles. The largest absolute Gasteiger partial charge is 0.326 e. The Morgan fingerprint density at radius 2 is 1.96 bits per heavy atom. The molecule has 1 aromatic heterocycles. The molecule has 0 bridgehead atoms. The molecule has 1 heterocycles. The van der Waals surface area contributed by atoms with Gasteiger partial charge < -0.3 is 5.32 Å². The Kier molecular flexibility index (Phi) is 5.19. The lowest BCUT2D eigenvalue weighted by Gasteiger charge is -2.07. The molecule has 2 aromatic carbocycles. The molecule has 3 aromatic rings. The first kappa shape index (κ1) is 17.0. The van der Waals surface area contributed by atoms with Crippen molar-refractivity contribution in [2.75, 3.05) is 5.32 Å². The zero-order chi connectivity index (χ0) is 17.1. The van der Waals surface area contributed by atoms with Crippen LogP contribution in [-0.4, -0.2) is 10.9 Å². The zero-order valence-electron chi connectivity index (χ0n) is 12.8. The van der Waals surface area contributed by atoms with Crippen molar-refractivity contribution in [2.24, 2.45) is 0 Å². The highest BCUT2D eigenvalue weighted by molar-refractivity contribution is 7.13. The maximum Gasteiger partial charge on any atom is 0.230 e. The van der Waals surface area contributed by atoms with Crippen molar-refractivity contribution in [3.63, 3.8) is 0 Å². The van der Waals surface area contributed by atoms with Gasteiger partial charge in [-0.3, -0.25) is 4.79 Å². The lowest BCUT2D eigenvalue weighted by atomic mass is 10.2. The fourth-order valence-corrected chi connectivity index (χ4v) is 3.50. The molecule has 0 aliphatic rings. The fourth-order valence-electron chi connectivity index (χ4n) is 2.27. The van der Waals surface area contributed by atoms with E-state index in [0.29, 0.717) is 10.0 Å². The number of nitrogens with zero attached hydrogens (tertiary/aromatic N) is 1. The number of nitrogens with one attached hydrogen (secondary N) is 1. The molecule has 122 valence electrons. The van der Waals surface area contributed by atoms with Crippen LogP contribution < -0.4 is 5.32 Å². The number of anilines is 1. The van der Waals surface area contributed by atoms with Crippen molar-refractivity contribution in [3.8, 4) is 10.6 Å². The molecule has 1 N–H and O–H groups in total. The standard InChI is InChI=1S/C18H14Cl2N2OS/c1-11-7-14(20)5-6-16(11)22-17(23)9-15-10-24-18(21-15)12-3-2-4-13(19)8-12/h2-8,10H,9H2,1H3,(H,22,23). The smallest absolute Gasteiger partial charge is 0.230 e. The summed E-state index contributed by atoms with van der Waals surface area (Å²) in [6.45, 7) is 1.90. The van der Waals surface area contributed by atoms with Gasteiger partial charge >= 0.3 is 0 Å². The third-order valence-electron chi connectivity index (χ3n) is 3.43. The summed E-state index contributed by atoms with van der Waals surface area (Å²) in [5.74, 6) is -0.108. The molecule has 3 rings (SSSR count). The molecule has 1 amide bonds. The maximum atomic E-state index is 12.2. The number of hydrogen-bond acceptors (Lipinski definition) is 3. The Morgan fingerprint density at radius 1 is 1.17 bits per heavy atom. The quantitative estimate of drug-likeness (QED) is 0.642. The summed E-state index contributed by atoms with van der Waals surface area (Å²) in [5, 5.41) is 6.95. The number of aromatic nitrogens is 1. The van der Waals surface area contributed by atoms with Gasteiger partial charge in [0, 0.05) is 26.7 Å². The number of rotatable bonds is 4. The van der Waals surface area contributed by atoms with Crippen LogP contribution in [0.15, 0.2) is 47.8 Å². The summed E-state index contributed by atoms with van der Waals surface area (Å²) in [6.07, 6.45) is 0.221. The Labute approximate surface area is 154 Å². The lowest BCUT2D eigenvalue weighted by molar-refractivity contribution is -0.115. The number of halogens is 2. The number of aryl methyl sites for hydroxylation is 1. The van der Waals surface area contributed by atoms with Gasteiger partial charge in [-0.25, -0.2) is 4.98 Å². The zero-order valence-corrected chi connectivity index (χ0v) is 15.2. The third-order valence-corrected chi connectivity index (χ3v) is 4.84. The summed E-state index contributed by atoms with van der Waals surface area (Å²) in [5.41, 5.74) is 3.37. The van der Waals surface area contributed by atoms with Crippen LogP contribution in [0.1, 0.15) is 11.3 Å². The second kappa shape index (κ2) is 7.34. The van der Waals surface area contributed by atoms with Gasteiger partial charge in [0.25, 0.3) is 0 Å². The maximum absolute atomic E-state index is 12.2. The van der Waals surface area contributed by atoms with Crippen LogP contribution in [0.25, 0.3) is 10.6 Å². The number of benzene rings is 2. The minimum absolute atomic E-state index is 0.108. The van der Waals surface area contributed by atoms with Gasteiger partial charge in [0.1, 0.15) is 5.01 Å². The molecule has 6 heteroatoms. The monoisotopic (exact) mass is 376 g/mol. The number of carbonyl (C=O) groups excluding carboxylic acids is 1. The van der Waals surface area contributed by atoms with Gasteiger partial charge in [0.05, 0.1) is 12.1 Å². The van der Waals surface area contributed by atoms with E-state index in [1.165, 1.54) is 11.3 Å². The van der Waals surface area contributed by atoms with Gasteiger partial charge in [-0.1, -0.05) is 35.3 Å².